The standard InChI is InChI=1S/C13H16F2N2O2S/c14-10-2-1-3-12(13(10)15)20(18,19)17-6-8-4-5-11(16)9(8)7-17/h1-3,8-9,11H,4-7,16H2. The zero-order valence-corrected chi connectivity index (χ0v) is 11.6. The topological polar surface area (TPSA) is 63.4 Å². The third-order valence-electron chi connectivity index (χ3n) is 4.41. The quantitative estimate of drug-likeness (QED) is 0.896. The molecule has 4 nitrogen and oxygen atoms in total. The smallest absolute Gasteiger partial charge is 0.246 e. The Morgan fingerprint density at radius 2 is 1.95 bits per heavy atom. The van der Waals surface area contributed by atoms with E-state index < -0.39 is 26.6 Å². The molecular weight excluding hydrogens is 286 g/mol. The van der Waals surface area contributed by atoms with Crippen molar-refractivity contribution >= 4 is 10.0 Å². The average Bonchev–Trinajstić information content (AvgIpc) is 2.96. The van der Waals surface area contributed by atoms with E-state index in [1.54, 1.807) is 0 Å². The molecule has 110 valence electrons. The number of nitrogens with zero attached hydrogens (tertiary/aromatic N) is 1. The van der Waals surface area contributed by atoms with Crippen LogP contribution in [-0.4, -0.2) is 31.9 Å². The summed E-state index contributed by atoms with van der Waals surface area (Å²) in [4.78, 5) is -0.592. The second-order valence-corrected chi connectivity index (χ2v) is 7.45. The van der Waals surface area contributed by atoms with Crippen LogP contribution in [0.5, 0.6) is 0 Å². The molecule has 2 aliphatic rings. The van der Waals surface area contributed by atoms with Crippen molar-refractivity contribution in [1.29, 1.82) is 0 Å². The highest BCUT2D eigenvalue weighted by Gasteiger charge is 2.45. The van der Waals surface area contributed by atoms with Crippen molar-refractivity contribution in [2.45, 2.75) is 23.8 Å². The fraction of sp³-hybridized carbons (Fsp3) is 0.538. The summed E-state index contributed by atoms with van der Waals surface area (Å²) in [6, 6.07) is 3.20. The first-order valence-corrected chi connectivity index (χ1v) is 8.05. The van der Waals surface area contributed by atoms with E-state index in [2.05, 4.69) is 0 Å². The van der Waals surface area contributed by atoms with Crippen molar-refractivity contribution in [3.63, 3.8) is 0 Å². The highest BCUT2D eigenvalue weighted by atomic mass is 32.2. The molecule has 0 radical (unpaired) electrons. The molecule has 1 aromatic carbocycles. The molecule has 0 bridgehead atoms. The molecule has 1 aliphatic carbocycles. The monoisotopic (exact) mass is 302 g/mol. The fourth-order valence-electron chi connectivity index (χ4n) is 3.29. The Balaban J connectivity index is 1.92. The van der Waals surface area contributed by atoms with E-state index in [9.17, 15) is 17.2 Å². The van der Waals surface area contributed by atoms with Crippen molar-refractivity contribution in [2.24, 2.45) is 17.6 Å². The highest BCUT2D eigenvalue weighted by Crippen LogP contribution is 2.39. The minimum Gasteiger partial charge on any atom is -0.327 e. The maximum atomic E-state index is 13.7. The molecule has 3 unspecified atom stereocenters. The summed E-state index contributed by atoms with van der Waals surface area (Å²) in [5.74, 6) is -2.10. The van der Waals surface area contributed by atoms with Crippen molar-refractivity contribution in [3.8, 4) is 0 Å². The number of benzene rings is 1. The van der Waals surface area contributed by atoms with E-state index in [4.69, 9.17) is 5.73 Å². The molecule has 3 atom stereocenters. The summed E-state index contributed by atoms with van der Waals surface area (Å²) in [5, 5.41) is 0. The molecule has 2 fully saturated rings. The summed E-state index contributed by atoms with van der Waals surface area (Å²) in [5.41, 5.74) is 5.96. The SMILES string of the molecule is NC1CCC2CN(S(=O)(=O)c3cccc(F)c3F)CC12. The van der Waals surface area contributed by atoms with E-state index in [-0.39, 0.29) is 17.9 Å². The van der Waals surface area contributed by atoms with Crippen molar-refractivity contribution in [2.75, 3.05) is 13.1 Å². The summed E-state index contributed by atoms with van der Waals surface area (Å²) in [6.07, 6.45) is 1.79. The number of hydrogen-bond acceptors (Lipinski definition) is 3. The first-order chi connectivity index (χ1) is 9.41. The zero-order valence-electron chi connectivity index (χ0n) is 10.8. The Hall–Kier alpha value is -1.05. The molecule has 20 heavy (non-hydrogen) atoms. The van der Waals surface area contributed by atoms with Gasteiger partial charge in [0, 0.05) is 19.1 Å². The average molecular weight is 302 g/mol. The van der Waals surface area contributed by atoms with Crippen LogP contribution in [0.4, 0.5) is 8.78 Å². The van der Waals surface area contributed by atoms with Gasteiger partial charge in [0.15, 0.2) is 11.6 Å². The summed E-state index contributed by atoms with van der Waals surface area (Å²) in [6.45, 7) is 0.640. The van der Waals surface area contributed by atoms with E-state index in [1.807, 2.05) is 0 Å². The van der Waals surface area contributed by atoms with Crippen LogP contribution in [0.1, 0.15) is 12.8 Å². The van der Waals surface area contributed by atoms with Crippen molar-refractivity contribution in [3.05, 3.63) is 29.8 Å². The van der Waals surface area contributed by atoms with E-state index in [0.717, 1.165) is 25.0 Å². The molecule has 0 spiro atoms. The van der Waals surface area contributed by atoms with Gasteiger partial charge in [0.25, 0.3) is 0 Å². The lowest BCUT2D eigenvalue weighted by Crippen LogP contribution is -2.34. The van der Waals surface area contributed by atoms with Crippen LogP contribution in [0.15, 0.2) is 23.1 Å². The Morgan fingerprint density at radius 3 is 2.65 bits per heavy atom. The largest absolute Gasteiger partial charge is 0.327 e. The lowest BCUT2D eigenvalue weighted by molar-refractivity contribution is 0.420. The van der Waals surface area contributed by atoms with E-state index in [1.165, 1.54) is 10.4 Å². The minimum atomic E-state index is -3.99. The van der Waals surface area contributed by atoms with Gasteiger partial charge in [-0.05, 0) is 36.8 Å². The minimum absolute atomic E-state index is 0.00226. The normalized spacial score (nSPS) is 30.6. The lowest BCUT2D eigenvalue weighted by Gasteiger charge is -2.19. The number of nitrogens with two attached hydrogens (primary N) is 1. The molecule has 1 heterocycles. The number of hydrogen-bond donors (Lipinski definition) is 1. The third kappa shape index (κ3) is 2.04. The van der Waals surface area contributed by atoms with Gasteiger partial charge in [-0.15, -0.1) is 0 Å². The molecule has 1 saturated carbocycles. The first-order valence-electron chi connectivity index (χ1n) is 6.61. The number of fused-ring (bicyclic) bond motifs is 1. The predicted octanol–water partition coefficient (Wildman–Crippen LogP) is 1.32. The van der Waals surface area contributed by atoms with E-state index in [0.29, 0.717) is 13.1 Å². The van der Waals surface area contributed by atoms with Crippen LogP contribution in [0, 0.1) is 23.5 Å². The molecule has 2 N–H and O–H groups in total. The van der Waals surface area contributed by atoms with Gasteiger partial charge in [-0.1, -0.05) is 6.07 Å². The summed E-state index contributed by atoms with van der Waals surface area (Å²) in [7, 11) is -3.99. The third-order valence-corrected chi connectivity index (χ3v) is 6.26. The van der Waals surface area contributed by atoms with Crippen molar-refractivity contribution < 1.29 is 17.2 Å². The second-order valence-electron chi connectivity index (χ2n) is 5.54. The number of halogens is 2. The fourth-order valence-corrected chi connectivity index (χ4v) is 4.89. The Bertz CT molecular complexity index is 635. The van der Waals surface area contributed by atoms with Crippen LogP contribution in [0.3, 0.4) is 0 Å². The Morgan fingerprint density at radius 1 is 1.20 bits per heavy atom. The van der Waals surface area contributed by atoms with Gasteiger partial charge in [0.05, 0.1) is 0 Å². The maximum absolute atomic E-state index is 13.7. The van der Waals surface area contributed by atoms with Crippen LogP contribution < -0.4 is 5.73 Å². The van der Waals surface area contributed by atoms with Gasteiger partial charge in [0.2, 0.25) is 10.0 Å². The Kier molecular flexibility index (Phi) is 3.30. The van der Waals surface area contributed by atoms with Crippen LogP contribution in [-0.2, 0) is 10.0 Å². The van der Waals surface area contributed by atoms with Gasteiger partial charge < -0.3 is 5.73 Å². The number of sulfonamides is 1. The summed E-state index contributed by atoms with van der Waals surface area (Å²) < 4.78 is 53.0. The van der Waals surface area contributed by atoms with Gasteiger partial charge >= 0.3 is 0 Å². The molecule has 0 aromatic heterocycles. The predicted molar refractivity (Wildman–Crippen MR) is 69.3 cm³/mol. The number of rotatable bonds is 2. The maximum Gasteiger partial charge on any atom is 0.246 e. The van der Waals surface area contributed by atoms with Gasteiger partial charge in [-0.3, -0.25) is 0 Å². The van der Waals surface area contributed by atoms with Crippen molar-refractivity contribution in [1.82, 2.24) is 4.31 Å². The second kappa shape index (κ2) is 4.75. The van der Waals surface area contributed by atoms with E-state index >= 15 is 0 Å². The first kappa shape index (κ1) is 13.9. The van der Waals surface area contributed by atoms with Crippen LogP contribution in [0.25, 0.3) is 0 Å². The highest BCUT2D eigenvalue weighted by molar-refractivity contribution is 7.89. The van der Waals surface area contributed by atoms with Crippen LogP contribution >= 0.6 is 0 Å². The molecular formula is C13H16F2N2O2S. The van der Waals surface area contributed by atoms with Crippen LogP contribution in [0.2, 0.25) is 0 Å². The van der Waals surface area contributed by atoms with Gasteiger partial charge in [-0.2, -0.15) is 4.31 Å². The zero-order chi connectivity index (χ0) is 14.5. The van der Waals surface area contributed by atoms with Gasteiger partial charge in [0.1, 0.15) is 4.90 Å². The molecule has 0 amide bonds. The summed E-state index contributed by atoms with van der Waals surface area (Å²) >= 11 is 0. The molecule has 1 aromatic rings. The molecule has 1 aliphatic heterocycles. The van der Waals surface area contributed by atoms with Gasteiger partial charge in [-0.25, -0.2) is 17.2 Å². The Labute approximate surface area is 116 Å². The molecule has 3 rings (SSSR count). The molecule has 7 heteroatoms. The molecule has 1 saturated heterocycles. The lowest BCUT2D eigenvalue weighted by atomic mass is 9.98.